The molecule has 0 saturated heterocycles. The van der Waals surface area contributed by atoms with Gasteiger partial charge in [-0.15, -0.1) is 0 Å². The molecular weight excluding hydrogens is 202 g/mol. The highest BCUT2D eigenvalue weighted by atomic mass is 16.5. The fourth-order valence-corrected chi connectivity index (χ4v) is 3.18. The Balaban J connectivity index is 1.91. The van der Waals surface area contributed by atoms with Gasteiger partial charge in [-0.3, -0.25) is 0 Å². The average molecular weight is 223 g/mol. The van der Waals surface area contributed by atoms with E-state index in [1.54, 1.807) is 13.4 Å². The SMILES string of the molecule is CO[C@@H]1[C@H](C)[C@H](NCc2ccco2)C1(C)C. The molecule has 0 spiro atoms. The third-order valence-electron chi connectivity index (χ3n) is 3.87. The minimum absolute atomic E-state index is 0.195. The van der Waals surface area contributed by atoms with Crippen molar-refractivity contribution in [3.05, 3.63) is 24.2 Å². The summed E-state index contributed by atoms with van der Waals surface area (Å²) in [5.41, 5.74) is 0.195. The van der Waals surface area contributed by atoms with Crippen molar-refractivity contribution < 1.29 is 9.15 Å². The minimum atomic E-state index is 0.195. The summed E-state index contributed by atoms with van der Waals surface area (Å²) in [6.07, 6.45) is 2.06. The first-order valence-corrected chi connectivity index (χ1v) is 5.86. The van der Waals surface area contributed by atoms with Crippen LogP contribution in [0, 0.1) is 11.3 Å². The molecule has 0 aliphatic heterocycles. The van der Waals surface area contributed by atoms with Crippen LogP contribution < -0.4 is 5.32 Å². The molecule has 1 aliphatic rings. The summed E-state index contributed by atoms with van der Waals surface area (Å²) in [4.78, 5) is 0. The van der Waals surface area contributed by atoms with Gasteiger partial charge in [0, 0.05) is 18.6 Å². The molecule has 1 fully saturated rings. The van der Waals surface area contributed by atoms with Crippen molar-refractivity contribution in [2.75, 3.05) is 7.11 Å². The summed E-state index contributed by atoms with van der Waals surface area (Å²) in [7, 11) is 1.80. The minimum Gasteiger partial charge on any atom is -0.468 e. The molecule has 3 nitrogen and oxygen atoms in total. The fraction of sp³-hybridized carbons (Fsp3) is 0.692. The van der Waals surface area contributed by atoms with Crippen LogP contribution >= 0.6 is 0 Å². The van der Waals surface area contributed by atoms with Crippen LogP contribution in [-0.2, 0) is 11.3 Å². The Morgan fingerprint density at radius 1 is 1.50 bits per heavy atom. The van der Waals surface area contributed by atoms with E-state index in [0.717, 1.165) is 12.3 Å². The fourth-order valence-electron chi connectivity index (χ4n) is 3.18. The van der Waals surface area contributed by atoms with Crippen LogP contribution in [0.25, 0.3) is 0 Å². The molecule has 3 heteroatoms. The molecule has 0 amide bonds. The number of methoxy groups -OCH3 is 1. The summed E-state index contributed by atoms with van der Waals surface area (Å²) in [6, 6.07) is 4.41. The Labute approximate surface area is 97.2 Å². The normalized spacial score (nSPS) is 32.4. The monoisotopic (exact) mass is 223 g/mol. The number of nitrogens with one attached hydrogen (secondary N) is 1. The first-order valence-electron chi connectivity index (χ1n) is 5.86. The summed E-state index contributed by atoms with van der Waals surface area (Å²) in [6.45, 7) is 7.53. The summed E-state index contributed by atoms with van der Waals surface area (Å²) in [5, 5.41) is 3.55. The summed E-state index contributed by atoms with van der Waals surface area (Å²) in [5.74, 6) is 1.54. The van der Waals surface area contributed by atoms with E-state index in [2.05, 4.69) is 26.1 Å². The number of rotatable bonds is 4. The Kier molecular flexibility index (Phi) is 3.08. The maximum Gasteiger partial charge on any atom is 0.117 e. The molecule has 1 aromatic heterocycles. The Morgan fingerprint density at radius 3 is 2.75 bits per heavy atom. The van der Waals surface area contributed by atoms with Gasteiger partial charge in [0.25, 0.3) is 0 Å². The van der Waals surface area contributed by atoms with Crippen molar-refractivity contribution >= 4 is 0 Å². The molecule has 0 aromatic carbocycles. The Morgan fingerprint density at radius 2 is 2.25 bits per heavy atom. The smallest absolute Gasteiger partial charge is 0.117 e. The van der Waals surface area contributed by atoms with Crippen molar-refractivity contribution in [1.29, 1.82) is 0 Å². The molecule has 2 rings (SSSR count). The predicted octanol–water partition coefficient (Wildman–Crippen LogP) is 2.43. The Bertz CT molecular complexity index is 332. The molecule has 16 heavy (non-hydrogen) atoms. The van der Waals surface area contributed by atoms with Gasteiger partial charge >= 0.3 is 0 Å². The lowest BCUT2D eigenvalue weighted by Crippen LogP contribution is -2.66. The second-order valence-corrected chi connectivity index (χ2v) is 5.27. The van der Waals surface area contributed by atoms with Gasteiger partial charge in [0.05, 0.1) is 18.9 Å². The van der Waals surface area contributed by atoms with Crippen LogP contribution in [0.2, 0.25) is 0 Å². The third kappa shape index (κ3) is 1.78. The van der Waals surface area contributed by atoms with Crippen LogP contribution in [0.15, 0.2) is 22.8 Å². The van der Waals surface area contributed by atoms with Gasteiger partial charge in [-0.1, -0.05) is 20.8 Å². The van der Waals surface area contributed by atoms with Gasteiger partial charge in [-0.05, 0) is 18.1 Å². The van der Waals surface area contributed by atoms with E-state index >= 15 is 0 Å². The molecule has 90 valence electrons. The highest BCUT2D eigenvalue weighted by molar-refractivity contribution is 5.08. The molecule has 3 atom stereocenters. The molecule has 1 aromatic rings. The van der Waals surface area contributed by atoms with Crippen LogP contribution in [-0.4, -0.2) is 19.3 Å². The average Bonchev–Trinajstić information content (AvgIpc) is 2.70. The zero-order valence-electron chi connectivity index (χ0n) is 10.5. The molecule has 1 aliphatic carbocycles. The second-order valence-electron chi connectivity index (χ2n) is 5.27. The number of hydrogen-bond acceptors (Lipinski definition) is 3. The second kappa shape index (κ2) is 4.22. The third-order valence-corrected chi connectivity index (χ3v) is 3.87. The lowest BCUT2D eigenvalue weighted by atomic mass is 9.58. The standard InChI is InChI=1S/C13H21NO2/c1-9-11(13(2,3)12(9)15-4)14-8-10-6-5-7-16-10/h5-7,9,11-12,14H,8H2,1-4H3/t9-,11+,12-/m1/s1. The first kappa shape index (κ1) is 11.7. The van der Waals surface area contributed by atoms with Crippen molar-refractivity contribution in [3.63, 3.8) is 0 Å². The van der Waals surface area contributed by atoms with Gasteiger partial charge < -0.3 is 14.5 Å². The number of hydrogen-bond donors (Lipinski definition) is 1. The van der Waals surface area contributed by atoms with E-state index in [9.17, 15) is 0 Å². The number of ether oxygens (including phenoxy) is 1. The van der Waals surface area contributed by atoms with Crippen molar-refractivity contribution in [3.8, 4) is 0 Å². The predicted molar refractivity (Wildman–Crippen MR) is 63.1 cm³/mol. The van der Waals surface area contributed by atoms with E-state index in [-0.39, 0.29) is 5.41 Å². The lowest BCUT2D eigenvalue weighted by molar-refractivity contribution is -0.145. The van der Waals surface area contributed by atoms with Gasteiger partial charge in [0.1, 0.15) is 5.76 Å². The summed E-state index contributed by atoms with van der Waals surface area (Å²) < 4.78 is 10.8. The molecule has 0 unspecified atom stereocenters. The van der Waals surface area contributed by atoms with Crippen LogP contribution in [0.1, 0.15) is 26.5 Å². The van der Waals surface area contributed by atoms with Gasteiger partial charge in [-0.2, -0.15) is 0 Å². The van der Waals surface area contributed by atoms with Crippen LogP contribution in [0.4, 0.5) is 0 Å². The molecular formula is C13H21NO2. The van der Waals surface area contributed by atoms with E-state index in [0.29, 0.717) is 18.1 Å². The molecule has 0 radical (unpaired) electrons. The molecule has 1 heterocycles. The Hall–Kier alpha value is -0.800. The van der Waals surface area contributed by atoms with Crippen molar-refractivity contribution in [2.45, 2.75) is 39.5 Å². The van der Waals surface area contributed by atoms with Gasteiger partial charge in [0.2, 0.25) is 0 Å². The topological polar surface area (TPSA) is 34.4 Å². The van der Waals surface area contributed by atoms with Crippen LogP contribution in [0.3, 0.4) is 0 Å². The molecule has 0 bridgehead atoms. The largest absolute Gasteiger partial charge is 0.468 e. The molecule has 1 saturated carbocycles. The van der Waals surface area contributed by atoms with E-state index < -0.39 is 0 Å². The molecule has 1 N–H and O–H groups in total. The quantitative estimate of drug-likeness (QED) is 0.851. The number of furan rings is 1. The van der Waals surface area contributed by atoms with Gasteiger partial charge in [-0.25, -0.2) is 0 Å². The van der Waals surface area contributed by atoms with Gasteiger partial charge in [0.15, 0.2) is 0 Å². The van der Waals surface area contributed by atoms with E-state index in [4.69, 9.17) is 9.15 Å². The van der Waals surface area contributed by atoms with E-state index in [1.165, 1.54) is 0 Å². The lowest BCUT2D eigenvalue weighted by Gasteiger charge is -2.56. The van der Waals surface area contributed by atoms with E-state index in [1.807, 2.05) is 12.1 Å². The maximum atomic E-state index is 5.52. The first-order chi connectivity index (χ1) is 7.57. The summed E-state index contributed by atoms with van der Waals surface area (Å²) >= 11 is 0. The van der Waals surface area contributed by atoms with Crippen molar-refractivity contribution in [2.24, 2.45) is 11.3 Å². The highest BCUT2D eigenvalue weighted by Crippen LogP contribution is 2.46. The zero-order chi connectivity index (χ0) is 11.8. The highest BCUT2D eigenvalue weighted by Gasteiger charge is 2.54. The maximum absolute atomic E-state index is 5.52. The van der Waals surface area contributed by atoms with Crippen LogP contribution in [0.5, 0.6) is 0 Å². The zero-order valence-corrected chi connectivity index (χ0v) is 10.5. The van der Waals surface area contributed by atoms with Crippen molar-refractivity contribution in [1.82, 2.24) is 5.32 Å².